The summed E-state index contributed by atoms with van der Waals surface area (Å²) in [6.45, 7) is 41.5. The van der Waals surface area contributed by atoms with Gasteiger partial charge in [0.05, 0.1) is 0 Å². The van der Waals surface area contributed by atoms with Crippen LogP contribution in [0.5, 0.6) is 0 Å². The highest BCUT2D eigenvalue weighted by Gasteiger charge is 2.47. The highest BCUT2D eigenvalue weighted by atomic mass is 35.5. The SMILES string of the molecule is C.C=C(C)CC.CC1CC(C(C)(C)C)C(Cc2c(-c3ccc(Cl)cc3)c[nH]c2N)C(C(C)(C)C)C1.CC1CC(C(C)(C)C)C(Cc2c(-c3ccc(Cl)cc3)cn3c(=O)cc(N)[nH]c23)C(C(C)(C)C)C1. The fourth-order valence-electron chi connectivity index (χ4n) is 12.1. The van der Waals surface area contributed by atoms with Crippen LogP contribution >= 0.6 is 23.2 Å². The van der Waals surface area contributed by atoms with E-state index in [1.165, 1.54) is 59.6 Å². The molecule has 3 heterocycles. The van der Waals surface area contributed by atoms with Gasteiger partial charge in [0.1, 0.15) is 17.3 Å². The third-order valence-electron chi connectivity index (χ3n) is 15.8. The van der Waals surface area contributed by atoms with Crippen molar-refractivity contribution in [3.63, 3.8) is 0 Å². The molecule has 0 radical (unpaired) electrons. The number of aromatic nitrogens is 3. The number of H-pyrrole nitrogens is 2. The summed E-state index contributed by atoms with van der Waals surface area (Å²) < 4.78 is 1.72. The van der Waals surface area contributed by atoms with Crippen LogP contribution in [0.4, 0.5) is 11.6 Å². The molecule has 8 heteroatoms. The van der Waals surface area contributed by atoms with Gasteiger partial charge in [-0.05, 0) is 156 Å². The minimum atomic E-state index is -0.107. The number of nitrogens with two attached hydrogens (primary N) is 2. The smallest absolute Gasteiger partial charge is 0.259 e. The number of hydrogen-bond acceptors (Lipinski definition) is 3. The molecule has 382 valence electrons. The van der Waals surface area contributed by atoms with Crippen molar-refractivity contribution in [2.24, 2.45) is 69.0 Å². The average Bonchev–Trinajstić information content (AvgIpc) is 3.77. The Morgan fingerprint density at radius 2 is 1.03 bits per heavy atom. The van der Waals surface area contributed by atoms with Crippen LogP contribution in [0, 0.1) is 69.0 Å². The molecule has 5 aromatic rings. The molecule has 6 N–H and O–H groups in total. The molecule has 0 spiro atoms. The summed E-state index contributed by atoms with van der Waals surface area (Å²) in [7, 11) is 0. The second kappa shape index (κ2) is 22.7. The van der Waals surface area contributed by atoms with E-state index in [-0.39, 0.29) is 34.6 Å². The Hall–Kier alpha value is -3.87. The first-order chi connectivity index (χ1) is 31.4. The highest BCUT2D eigenvalue weighted by molar-refractivity contribution is 6.31. The molecule has 4 unspecified atom stereocenters. The molecule has 0 amide bonds. The number of nitrogens with one attached hydrogen (secondary N) is 2. The predicted molar refractivity (Wildman–Crippen MR) is 303 cm³/mol. The van der Waals surface area contributed by atoms with Gasteiger partial charge in [-0.25, -0.2) is 0 Å². The number of hydrogen-bond donors (Lipinski definition) is 4. The minimum absolute atomic E-state index is 0. The summed E-state index contributed by atoms with van der Waals surface area (Å²) in [6.07, 6.45) is 12.2. The summed E-state index contributed by atoms with van der Waals surface area (Å²) in [5, 5.41) is 1.47. The molecular weight excluding hydrogens is 890 g/mol. The summed E-state index contributed by atoms with van der Waals surface area (Å²) >= 11 is 12.3. The van der Waals surface area contributed by atoms with E-state index < -0.39 is 0 Å². The number of nitrogen functional groups attached to an aromatic ring is 2. The number of rotatable bonds is 7. The van der Waals surface area contributed by atoms with E-state index in [4.69, 9.17) is 34.7 Å². The van der Waals surface area contributed by atoms with Crippen LogP contribution in [0.25, 0.3) is 27.9 Å². The second-order valence-corrected chi connectivity index (χ2v) is 26.4. The lowest BCUT2D eigenvalue weighted by atomic mass is 9.54. The lowest BCUT2D eigenvalue weighted by molar-refractivity contribution is -0.0138. The Bertz CT molecular complexity index is 2450. The number of anilines is 2. The van der Waals surface area contributed by atoms with Crippen molar-refractivity contribution >= 4 is 40.5 Å². The van der Waals surface area contributed by atoms with E-state index in [1.807, 2.05) is 49.5 Å². The van der Waals surface area contributed by atoms with Gasteiger partial charge < -0.3 is 21.4 Å². The van der Waals surface area contributed by atoms with Gasteiger partial charge in [-0.3, -0.25) is 9.20 Å². The predicted octanol–water partition coefficient (Wildman–Crippen LogP) is 17.9. The molecule has 2 aliphatic rings. The van der Waals surface area contributed by atoms with Gasteiger partial charge in [0, 0.05) is 50.8 Å². The topological polar surface area (TPSA) is 105 Å². The summed E-state index contributed by atoms with van der Waals surface area (Å²) in [4.78, 5) is 19.5. The van der Waals surface area contributed by atoms with Crippen LogP contribution in [0.3, 0.4) is 0 Å². The van der Waals surface area contributed by atoms with Crippen LogP contribution in [0.2, 0.25) is 10.0 Å². The van der Waals surface area contributed by atoms with Crippen molar-refractivity contribution in [1.29, 1.82) is 0 Å². The van der Waals surface area contributed by atoms with Crippen LogP contribution in [0.1, 0.15) is 161 Å². The van der Waals surface area contributed by atoms with E-state index >= 15 is 0 Å². The molecule has 2 aliphatic carbocycles. The zero-order valence-electron chi connectivity index (χ0n) is 44.9. The van der Waals surface area contributed by atoms with Crippen molar-refractivity contribution in [3.05, 3.63) is 111 Å². The molecule has 3 aromatic heterocycles. The number of allylic oxidation sites excluding steroid dienone is 1. The van der Waals surface area contributed by atoms with Gasteiger partial charge in [-0.2, -0.15) is 0 Å². The first-order valence-corrected chi connectivity index (χ1v) is 26.3. The Morgan fingerprint density at radius 1 is 0.667 bits per heavy atom. The van der Waals surface area contributed by atoms with E-state index in [0.29, 0.717) is 52.3 Å². The van der Waals surface area contributed by atoms with Gasteiger partial charge in [-0.15, -0.1) is 6.58 Å². The fraction of sp³-hybridized carbons (Fsp3) is 0.590. The van der Waals surface area contributed by atoms with Crippen molar-refractivity contribution in [2.45, 2.75) is 163 Å². The Kier molecular flexibility index (Phi) is 19.0. The minimum Gasteiger partial charge on any atom is -0.385 e. The molecule has 2 fully saturated rings. The molecular formula is C61H93Cl2N5O. The molecule has 0 aliphatic heterocycles. The van der Waals surface area contributed by atoms with Crippen LogP contribution in [-0.4, -0.2) is 14.4 Å². The monoisotopic (exact) mass is 982 g/mol. The number of fused-ring (bicyclic) bond motifs is 1. The van der Waals surface area contributed by atoms with Crippen molar-refractivity contribution < 1.29 is 0 Å². The standard InChI is InChI=1S/C29H40ClN3O.C26H39ClN2.C5H10.CH4/c1-17-12-23(28(2,3)4)21(24(13-17)29(5,6)7)14-20-22(18-8-10-19(30)11-9-18)16-33-26(34)15-25(31)32-27(20)33;1-16-12-22(25(2,3)4)20(23(13-16)26(5,6)7)14-19-21(15-29-24(19)28)17-8-10-18(27)11-9-17;1-4-5(2)3;/h8-11,15-17,21,23-24,32H,12-14,31H2,1-7H3;8-11,15-16,20,22-23,29H,12-14,28H2,1-7H3;2,4H2,1,3H3;1H4. The van der Waals surface area contributed by atoms with E-state index in [1.54, 1.807) is 4.40 Å². The van der Waals surface area contributed by atoms with Crippen molar-refractivity contribution in [2.75, 3.05) is 11.5 Å². The Morgan fingerprint density at radius 3 is 1.39 bits per heavy atom. The third kappa shape index (κ3) is 14.4. The van der Waals surface area contributed by atoms with Crippen LogP contribution < -0.4 is 17.0 Å². The van der Waals surface area contributed by atoms with Gasteiger partial charge in [0.15, 0.2) is 0 Å². The van der Waals surface area contributed by atoms with E-state index in [9.17, 15) is 4.79 Å². The maximum Gasteiger partial charge on any atom is 0.259 e. The number of aromatic amines is 2. The molecule has 7 rings (SSSR count). The van der Waals surface area contributed by atoms with Gasteiger partial charge in [-0.1, -0.05) is 164 Å². The molecule has 2 aromatic carbocycles. The molecule has 69 heavy (non-hydrogen) atoms. The molecule has 4 atom stereocenters. The number of nitrogens with zero attached hydrogens (tertiary/aromatic N) is 1. The summed E-state index contributed by atoms with van der Waals surface area (Å²) in [5.74, 6) is 6.35. The molecule has 0 bridgehead atoms. The normalized spacial score (nSPS) is 23.3. The van der Waals surface area contributed by atoms with Gasteiger partial charge in [0.25, 0.3) is 5.56 Å². The van der Waals surface area contributed by atoms with E-state index in [2.05, 4.69) is 139 Å². The molecule has 6 nitrogen and oxygen atoms in total. The maximum absolute atomic E-state index is 12.9. The molecule has 0 saturated heterocycles. The fourth-order valence-corrected chi connectivity index (χ4v) is 12.4. The zero-order chi connectivity index (χ0) is 50.8. The number of benzene rings is 2. The average molecular weight is 983 g/mol. The van der Waals surface area contributed by atoms with Crippen LogP contribution in [0.15, 0.2) is 83.9 Å². The zero-order valence-corrected chi connectivity index (χ0v) is 46.4. The lowest BCUT2D eigenvalue weighted by Gasteiger charge is -2.51. The Balaban J connectivity index is 0.000000273. The van der Waals surface area contributed by atoms with Crippen molar-refractivity contribution in [1.82, 2.24) is 14.4 Å². The second-order valence-electron chi connectivity index (χ2n) is 25.5. The molecule has 2 saturated carbocycles. The lowest BCUT2D eigenvalue weighted by Crippen LogP contribution is -2.44. The van der Waals surface area contributed by atoms with Crippen LogP contribution in [-0.2, 0) is 12.8 Å². The first-order valence-electron chi connectivity index (χ1n) is 25.5. The summed E-state index contributed by atoms with van der Waals surface area (Å²) in [6, 6.07) is 17.5. The highest BCUT2D eigenvalue weighted by Crippen LogP contribution is 2.55. The van der Waals surface area contributed by atoms with E-state index in [0.717, 1.165) is 52.8 Å². The summed E-state index contributed by atoms with van der Waals surface area (Å²) in [5.41, 5.74) is 22.5. The van der Waals surface area contributed by atoms with Crippen molar-refractivity contribution in [3.8, 4) is 22.3 Å². The van der Waals surface area contributed by atoms with Gasteiger partial charge >= 0.3 is 0 Å². The quantitative estimate of drug-likeness (QED) is 0.122. The third-order valence-corrected chi connectivity index (χ3v) is 16.4. The largest absolute Gasteiger partial charge is 0.385 e. The van der Waals surface area contributed by atoms with Gasteiger partial charge in [0.2, 0.25) is 0 Å². The first kappa shape index (κ1) is 57.7. The Labute approximate surface area is 429 Å². The number of halogens is 2. The maximum atomic E-state index is 12.9.